The highest BCUT2D eigenvalue weighted by Crippen LogP contribution is 2.33. The maximum absolute atomic E-state index is 13.0. The Balaban J connectivity index is 1.64. The molecule has 1 aromatic heterocycles. The van der Waals surface area contributed by atoms with Crippen LogP contribution in [0.15, 0.2) is 47.3 Å². The molecule has 0 fully saturated rings. The van der Waals surface area contributed by atoms with Crippen molar-refractivity contribution in [2.45, 2.75) is 25.4 Å². The second-order valence-corrected chi connectivity index (χ2v) is 7.93. The van der Waals surface area contributed by atoms with Crippen LogP contribution >= 0.6 is 0 Å². The van der Waals surface area contributed by atoms with E-state index in [0.29, 0.717) is 5.56 Å². The number of alkyl halides is 3. The topological polar surface area (TPSA) is 159 Å². The lowest BCUT2D eigenvalue weighted by Crippen LogP contribution is -2.36. The number of nitro groups is 1. The average Bonchev–Trinajstić information content (AvgIpc) is 2.79. The van der Waals surface area contributed by atoms with Crippen molar-refractivity contribution in [3.8, 4) is 0 Å². The van der Waals surface area contributed by atoms with E-state index in [9.17, 15) is 37.7 Å². The smallest absolute Gasteiger partial charge is 0.326 e. The summed E-state index contributed by atoms with van der Waals surface area (Å²) in [6.45, 7) is 1.61. The fourth-order valence-corrected chi connectivity index (χ4v) is 3.64. The molecule has 4 N–H and O–H groups in total. The number of hydrogen-bond acceptors (Lipinski definition) is 7. The third-order valence-corrected chi connectivity index (χ3v) is 5.41. The van der Waals surface area contributed by atoms with E-state index < -0.39 is 46.4 Å². The monoisotopic (exact) mass is 502 g/mol. The van der Waals surface area contributed by atoms with Crippen LogP contribution in [0.1, 0.15) is 29.0 Å². The van der Waals surface area contributed by atoms with Gasteiger partial charge in [-0.15, -0.1) is 0 Å². The van der Waals surface area contributed by atoms with Crippen molar-refractivity contribution in [3.05, 3.63) is 79.6 Å². The molecule has 3 aromatic rings. The van der Waals surface area contributed by atoms with Gasteiger partial charge in [-0.2, -0.15) is 18.2 Å². The van der Waals surface area contributed by atoms with Crippen LogP contribution in [0.3, 0.4) is 0 Å². The third-order valence-electron chi connectivity index (χ3n) is 5.41. The number of anilines is 4. The van der Waals surface area contributed by atoms with Crippen LogP contribution in [-0.4, -0.2) is 26.7 Å². The van der Waals surface area contributed by atoms with E-state index in [2.05, 4.69) is 25.9 Å². The summed E-state index contributed by atoms with van der Waals surface area (Å²) >= 11 is 0. The lowest BCUT2D eigenvalue weighted by Gasteiger charge is -2.24. The van der Waals surface area contributed by atoms with Gasteiger partial charge in [0.1, 0.15) is 5.82 Å². The maximum atomic E-state index is 13.0. The summed E-state index contributed by atoms with van der Waals surface area (Å²) in [4.78, 5) is 55.0. The molecule has 0 radical (unpaired) electrons. The fraction of sp³-hybridized carbons (Fsp3) is 0.182. The fourth-order valence-electron chi connectivity index (χ4n) is 3.64. The molecule has 36 heavy (non-hydrogen) atoms. The van der Waals surface area contributed by atoms with Gasteiger partial charge < -0.3 is 16.0 Å². The molecule has 2 amide bonds. The van der Waals surface area contributed by atoms with Gasteiger partial charge in [0.2, 0.25) is 17.8 Å². The molecule has 14 heteroatoms. The first-order valence-electron chi connectivity index (χ1n) is 10.4. The van der Waals surface area contributed by atoms with Crippen molar-refractivity contribution in [2.24, 2.45) is 0 Å². The SMILES string of the molecule is Cc1ccc([N+](=O)[O-])cc1NC(=O)[C@@H]1CC(=O)Nc2nc(Nc3cccc(C(F)(F)F)c3)[nH]c(=O)c21. The number of rotatable bonds is 5. The van der Waals surface area contributed by atoms with Crippen molar-refractivity contribution in [2.75, 3.05) is 16.0 Å². The maximum Gasteiger partial charge on any atom is 0.416 e. The van der Waals surface area contributed by atoms with Gasteiger partial charge in [0, 0.05) is 24.2 Å². The summed E-state index contributed by atoms with van der Waals surface area (Å²) in [6.07, 6.45) is -4.97. The molecule has 1 atom stereocenters. The summed E-state index contributed by atoms with van der Waals surface area (Å²) in [5.41, 5.74) is -1.52. The summed E-state index contributed by atoms with van der Waals surface area (Å²) in [7, 11) is 0. The van der Waals surface area contributed by atoms with Gasteiger partial charge in [0.15, 0.2) is 0 Å². The average molecular weight is 502 g/mol. The van der Waals surface area contributed by atoms with Gasteiger partial charge >= 0.3 is 6.18 Å². The van der Waals surface area contributed by atoms with E-state index in [0.717, 1.165) is 18.2 Å². The second-order valence-electron chi connectivity index (χ2n) is 7.93. The molecule has 0 aliphatic carbocycles. The Morgan fingerprint density at radius 1 is 1.19 bits per heavy atom. The highest BCUT2D eigenvalue weighted by Gasteiger charge is 2.35. The largest absolute Gasteiger partial charge is 0.416 e. The molecule has 2 aromatic carbocycles. The van der Waals surface area contributed by atoms with Crippen LogP contribution in [0, 0.1) is 17.0 Å². The molecule has 0 bridgehead atoms. The van der Waals surface area contributed by atoms with Crippen LogP contribution in [-0.2, 0) is 15.8 Å². The van der Waals surface area contributed by atoms with Crippen LogP contribution in [0.25, 0.3) is 0 Å². The predicted octanol–water partition coefficient (Wildman–Crippen LogP) is 3.81. The first-order chi connectivity index (χ1) is 16.9. The number of hydrogen-bond donors (Lipinski definition) is 4. The van der Waals surface area contributed by atoms with Crippen molar-refractivity contribution in [1.82, 2.24) is 9.97 Å². The summed E-state index contributed by atoms with van der Waals surface area (Å²) in [5, 5.41) is 18.5. The zero-order valence-electron chi connectivity index (χ0n) is 18.4. The number of nitrogens with one attached hydrogen (secondary N) is 4. The molecular formula is C22H17F3N6O5. The van der Waals surface area contributed by atoms with Crippen molar-refractivity contribution >= 4 is 40.6 Å². The van der Waals surface area contributed by atoms with E-state index in [1.54, 1.807) is 6.92 Å². The van der Waals surface area contributed by atoms with Gasteiger partial charge in [0.05, 0.1) is 27.7 Å². The lowest BCUT2D eigenvalue weighted by molar-refractivity contribution is -0.384. The molecular weight excluding hydrogens is 485 g/mol. The normalized spacial score (nSPS) is 15.0. The molecule has 186 valence electrons. The number of nitrogens with zero attached hydrogens (tertiary/aromatic N) is 2. The van der Waals surface area contributed by atoms with Gasteiger partial charge in [-0.25, -0.2) is 0 Å². The number of amides is 2. The Morgan fingerprint density at radius 2 is 1.94 bits per heavy atom. The molecule has 0 unspecified atom stereocenters. The Kier molecular flexibility index (Phi) is 6.18. The van der Waals surface area contributed by atoms with Gasteiger partial charge in [0.25, 0.3) is 11.2 Å². The van der Waals surface area contributed by atoms with E-state index in [-0.39, 0.29) is 34.4 Å². The Labute approximate surface area is 199 Å². The zero-order valence-corrected chi connectivity index (χ0v) is 18.4. The molecule has 4 rings (SSSR count). The number of benzene rings is 2. The number of fused-ring (bicyclic) bond motifs is 1. The number of aromatic amines is 1. The quantitative estimate of drug-likeness (QED) is 0.305. The van der Waals surface area contributed by atoms with Gasteiger partial charge in [-0.3, -0.25) is 29.5 Å². The van der Waals surface area contributed by atoms with Crippen molar-refractivity contribution < 1.29 is 27.7 Å². The summed E-state index contributed by atoms with van der Waals surface area (Å²) in [6, 6.07) is 8.04. The minimum atomic E-state index is -4.58. The predicted molar refractivity (Wildman–Crippen MR) is 122 cm³/mol. The molecule has 1 aliphatic rings. The van der Waals surface area contributed by atoms with E-state index in [4.69, 9.17) is 0 Å². The first-order valence-corrected chi connectivity index (χ1v) is 10.4. The minimum absolute atomic E-state index is 0.0227. The molecule has 0 spiro atoms. The number of aromatic nitrogens is 2. The van der Waals surface area contributed by atoms with Crippen molar-refractivity contribution in [1.29, 1.82) is 0 Å². The Bertz CT molecular complexity index is 1450. The van der Waals surface area contributed by atoms with Crippen molar-refractivity contribution in [3.63, 3.8) is 0 Å². The minimum Gasteiger partial charge on any atom is -0.326 e. The highest BCUT2D eigenvalue weighted by molar-refractivity contribution is 6.04. The lowest BCUT2D eigenvalue weighted by atomic mass is 9.92. The molecule has 11 nitrogen and oxygen atoms in total. The van der Waals surface area contributed by atoms with Gasteiger partial charge in [-0.1, -0.05) is 12.1 Å². The van der Waals surface area contributed by atoms with Crippen LogP contribution in [0.5, 0.6) is 0 Å². The zero-order chi connectivity index (χ0) is 26.2. The summed E-state index contributed by atoms with van der Waals surface area (Å²) in [5.74, 6) is -3.15. The number of H-pyrrole nitrogens is 1. The van der Waals surface area contributed by atoms with E-state index >= 15 is 0 Å². The number of carbonyl (C=O) groups excluding carboxylic acids is 2. The highest BCUT2D eigenvalue weighted by atomic mass is 19.4. The van der Waals surface area contributed by atoms with E-state index in [1.807, 2.05) is 0 Å². The third kappa shape index (κ3) is 5.01. The molecule has 2 heterocycles. The number of carbonyl (C=O) groups is 2. The number of non-ortho nitro benzene ring substituents is 1. The number of nitro benzene ring substituents is 1. The summed E-state index contributed by atoms with van der Waals surface area (Å²) < 4.78 is 38.9. The molecule has 0 saturated carbocycles. The standard InChI is InChI=1S/C22H17F3N6O5/c1-10-5-6-13(31(35)36)8-15(10)27-19(33)14-9-16(32)28-18-17(14)20(34)30-21(29-18)26-12-4-2-3-11(7-12)22(23,24)25/h2-8,14H,9H2,1H3,(H,27,33)(H3,26,28,29,30,32,34)/t14-/m1/s1. The molecule has 1 aliphatic heterocycles. The van der Waals surface area contributed by atoms with Crippen LogP contribution < -0.4 is 21.5 Å². The van der Waals surface area contributed by atoms with Crippen LogP contribution in [0.4, 0.5) is 42.0 Å². The number of halogens is 3. The van der Waals surface area contributed by atoms with Crippen LogP contribution in [0.2, 0.25) is 0 Å². The molecule has 0 saturated heterocycles. The second kappa shape index (κ2) is 9.13. The Hall–Kier alpha value is -4.75. The van der Waals surface area contributed by atoms with E-state index in [1.165, 1.54) is 24.3 Å². The van der Waals surface area contributed by atoms with Gasteiger partial charge in [-0.05, 0) is 30.7 Å². The first kappa shape index (κ1) is 24.4. The Morgan fingerprint density at radius 3 is 2.64 bits per heavy atom. The number of aryl methyl sites for hydroxylation is 1.